The fraction of sp³-hybridized carbons (Fsp3) is 0.611. The van der Waals surface area contributed by atoms with Crippen LogP contribution < -0.4 is 4.90 Å². The van der Waals surface area contributed by atoms with E-state index in [1.807, 2.05) is 4.90 Å². The van der Waals surface area contributed by atoms with Crippen LogP contribution in [-0.4, -0.2) is 50.8 Å². The number of hydrogen-bond acceptors (Lipinski definition) is 3. The van der Waals surface area contributed by atoms with E-state index >= 15 is 0 Å². The van der Waals surface area contributed by atoms with Crippen LogP contribution >= 0.6 is 0 Å². The molecule has 0 radical (unpaired) electrons. The van der Waals surface area contributed by atoms with Crippen molar-refractivity contribution in [2.75, 3.05) is 50.8 Å². The van der Waals surface area contributed by atoms with Crippen molar-refractivity contribution in [3.63, 3.8) is 0 Å². The summed E-state index contributed by atoms with van der Waals surface area (Å²) >= 11 is 0. The Kier molecular flexibility index (Phi) is 5.50. The van der Waals surface area contributed by atoms with E-state index in [9.17, 15) is 13.2 Å². The second-order valence-corrected chi connectivity index (χ2v) is 6.65. The number of nitrogens with zero attached hydrogens (tertiary/aromatic N) is 3. The maximum absolute atomic E-state index is 13.2. The molecule has 1 saturated carbocycles. The van der Waals surface area contributed by atoms with Gasteiger partial charge >= 0.3 is 6.18 Å². The van der Waals surface area contributed by atoms with Crippen molar-refractivity contribution in [2.24, 2.45) is 5.92 Å². The zero-order valence-corrected chi connectivity index (χ0v) is 14.1. The zero-order chi connectivity index (χ0) is 17.9. The Labute approximate surface area is 146 Å². The molecule has 2 fully saturated rings. The molecule has 0 spiro atoms. The molecule has 7 heteroatoms. The van der Waals surface area contributed by atoms with Gasteiger partial charge < -0.3 is 9.64 Å². The summed E-state index contributed by atoms with van der Waals surface area (Å²) in [5, 5.41) is 0. The molecule has 136 valence electrons. The second kappa shape index (κ2) is 7.63. The van der Waals surface area contributed by atoms with Gasteiger partial charge in [0, 0.05) is 38.4 Å². The van der Waals surface area contributed by atoms with Crippen LogP contribution in [0.2, 0.25) is 0 Å². The fourth-order valence-corrected chi connectivity index (χ4v) is 3.07. The third-order valence-electron chi connectivity index (χ3n) is 4.74. The first-order valence-electron chi connectivity index (χ1n) is 8.61. The maximum atomic E-state index is 13.2. The number of halogens is 3. The van der Waals surface area contributed by atoms with E-state index in [1.54, 1.807) is 6.07 Å². The summed E-state index contributed by atoms with van der Waals surface area (Å²) in [5.74, 6) is 0.569. The zero-order valence-electron chi connectivity index (χ0n) is 14.1. The van der Waals surface area contributed by atoms with Crippen LogP contribution in [0.15, 0.2) is 18.2 Å². The highest BCUT2D eigenvalue weighted by Crippen LogP contribution is 2.39. The molecule has 4 nitrogen and oxygen atoms in total. The Morgan fingerprint density at radius 1 is 1.24 bits per heavy atom. The highest BCUT2D eigenvalue weighted by Gasteiger charge is 2.34. The smallest absolute Gasteiger partial charge is 0.379 e. The molecule has 1 heterocycles. The van der Waals surface area contributed by atoms with E-state index in [4.69, 9.17) is 11.3 Å². The third kappa shape index (κ3) is 4.86. The first-order valence-corrected chi connectivity index (χ1v) is 8.61. The van der Waals surface area contributed by atoms with Gasteiger partial charge in [0.15, 0.2) is 5.69 Å². The van der Waals surface area contributed by atoms with Gasteiger partial charge in [-0.3, -0.25) is 4.90 Å². The summed E-state index contributed by atoms with van der Waals surface area (Å²) in [6.45, 7) is 12.4. The van der Waals surface area contributed by atoms with Crippen molar-refractivity contribution in [2.45, 2.75) is 19.0 Å². The lowest BCUT2D eigenvalue weighted by atomic mass is 10.1. The molecule has 1 aliphatic heterocycles. The van der Waals surface area contributed by atoms with Gasteiger partial charge in [-0.2, -0.15) is 13.2 Å². The first kappa shape index (κ1) is 18.0. The van der Waals surface area contributed by atoms with E-state index in [2.05, 4.69) is 9.74 Å². The highest BCUT2D eigenvalue weighted by molar-refractivity contribution is 5.62. The van der Waals surface area contributed by atoms with Crippen LogP contribution in [0.5, 0.6) is 0 Å². The Hall–Kier alpha value is -1.78. The monoisotopic (exact) mass is 353 g/mol. The number of morpholine rings is 1. The molecule has 3 rings (SSSR count). The van der Waals surface area contributed by atoms with Crippen molar-refractivity contribution in [3.05, 3.63) is 35.2 Å². The van der Waals surface area contributed by atoms with Crippen molar-refractivity contribution in [3.8, 4) is 0 Å². The molecule has 25 heavy (non-hydrogen) atoms. The van der Waals surface area contributed by atoms with Gasteiger partial charge in [0.1, 0.15) is 0 Å². The number of benzene rings is 1. The van der Waals surface area contributed by atoms with Gasteiger partial charge in [-0.25, -0.2) is 4.85 Å². The molecule has 0 aromatic heterocycles. The number of anilines is 1. The van der Waals surface area contributed by atoms with Gasteiger partial charge in [-0.15, -0.1) is 0 Å². The Morgan fingerprint density at radius 3 is 2.56 bits per heavy atom. The van der Waals surface area contributed by atoms with E-state index < -0.39 is 11.7 Å². The maximum Gasteiger partial charge on any atom is 0.407 e. The lowest BCUT2D eigenvalue weighted by Crippen LogP contribution is -2.42. The van der Waals surface area contributed by atoms with Gasteiger partial charge in [0.25, 0.3) is 0 Å². The minimum absolute atomic E-state index is 0.337. The Balaban J connectivity index is 1.76. The Bertz CT molecular complexity index is 631. The SMILES string of the molecule is [C-]#[N+]c1ccc(N(CCN2CCOCC2)CC2CC2)cc1C(F)(F)F. The fourth-order valence-electron chi connectivity index (χ4n) is 3.07. The van der Waals surface area contributed by atoms with Crippen LogP contribution in [0.4, 0.5) is 24.5 Å². The summed E-state index contributed by atoms with van der Waals surface area (Å²) < 4.78 is 45.1. The second-order valence-electron chi connectivity index (χ2n) is 6.65. The van der Waals surface area contributed by atoms with Gasteiger partial charge in [-0.1, -0.05) is 6.07 Å². The molecule has 1 aromatic carbocycles. The number of rotatable bonds is 6. The van der Waals surface area contributed by atoms with Crippen LogP contribution in [-0.2, 0) is 10.9 Å². The summed E-state index contributed by atoms with van der Waals surface area (Å²) in [7, 11) is 0. The van der Waals surface area contributed by atoms with Crippen molar-refractivity contribution >= 4 is 11.4 Å². The van der Waals surface area contributed by atoms with Gasteiger partial charge in [-0.05, 0) is 30.9 Å². The molecule has 1 aliphatic carbocycles. The first-order chi connectivity index (χ1) is 12.0. The molecular formula is C18H22F3N3O. The van der Waals surface area contributed by atoms with Crippen LogP contribution in [0.1, 0.15) is 18.4 Å². The lowest BCUT2D eigenvalue weighted by Gasteiger charge is -2.31. The summed E-state index contributed by atoms with van der Waals surface area (Å²) in [6.07, 6.45) is -2.23. The average Bonchev–Trinajstić information content (AvgIpc) is 3.42. The lowest BCUT2D eigenvalue weighted by molar-refractivity contribution is -0.136. The van der Waals surface area contributed by atoms with Crippen molar-refractivity contribution in [1.82, 2.24) is 4.90 Å². The van der Waals surface area contributed by atoms with Crippen LogP contribution in [0.25, 0.3) is 4.85 Å². The third-order valence-corrected chi connectivity index (χ3v) is 4.74. The number of ether oxygens (including phenoxy) is 1. The van der Waals surface area contributed by atoms with E-state index in [0.717, 1.165) is 45.1 Å². The minimum Gasteiger partial charge on any atom is -0.379 e. The molecule has 0 amide bonds. The number of alkyl halides is 3. The largest absolute Gasteiger partial charge is 0.407 e. The summed E-state index contributed by atoms with van der Waals surface area (Å²) in [6, 6.07) is 4.07. The van der Waals surface area contributed by atoms with Crippen LogP contribution in [0, 0.1) is 12.5 Å². The molecule has 0 bridgehead atoms. The summed E-state index contributed by atoms with van der Waals surface area (Å²) in [4.78, 5) is 7.34. The average molecular weight is 353 g/mol. The molecule has 2 aliphatic rings. The predicted molar refractivity (Wildman–Crippen MR) is 89.9 cm³/mol. The predicted octanol–water partition coefficient (Wildman–Crippen LogP) is 3.80. The standard InChI is InChI=1S/C18H22F3N3O/c1-22-17-5-4-15(12-16(17)18(19,20)21)24(13-14-2-3-14)7-6-23-8-10-25-11-9-23/h4-5,12,14H,2-3,6-11,13H2. The van der Waals surface area contributed by atoms with Gasteiger partial charge in [0.05, 0.1) is 25.3 Å². The molecule has 1 aromatic rings. The molecule has 0 N–H and O–H groups in total. The Morgan fingerprint density at radius 2 is 1.96 bits per heavy atom. The summed E-state index contributed by atoms with van der Waals surface area (Å²) in [5.41, 5.74) is -0.622. The molecule has 0 atom stereocenters. The normalized spacial score (nSPS) is 18.8. The van der Waals surface area contributed by atoms with Crippen LogP contribution in [0.3, 0.4) is 0 Å². The van der Waals surface area contributed by atoms with E-state index in [-0.39, 0.29) is 5.69 Å². The van der Waals surface area contributed by atoms with Crippen molar-refractivity contribution in [1.29, 1.82) is 0 Å². The molecule has 1 saturated heterocycles. The van der Waals surface area contributed by atoms with E-state index in [1.165, 1.54) is 6.07 Å². The molecular weight excluding hydrogens is 331 g/mol. The number of hydrogen-bond donors (Lipinski definition) is 0. The topological polar surface area (TPSA) is 20.1 Å². The molecule has 0 unspecified atom stereocenters. The van der Waals surface area contributed by atoms with E-state index in [0.29, 0.717) is 31.4 Å². The quantitative estimate of drug-likeness (QED) is 0.726. The van der Waals surface area contributed by atoms with Gasteiger partial charge in [0.2, 0.25) is 0 Å². The van der Waals surface area contributed by atoms with Crippen molar-refractivity contribution < 1.29 is 17.9 Å². The highest BCUT2D eigenvalue weighted by atomic mass is 19.4. The minimum atomic E-state index is -4.51.